The number of nitrogens with zero attached hydrogens (tertiary/aromatic N) is 5. The number of anilines is 8. The van der Waals surface area contributed by atoms with Gasteiger partial charge in [0.2, 0.25) is 5.13 Å². The van der Waals surface area contributed by atoms with E-state index >= 15 is 0 Å². The highest BCUT2D eigenvalue weighted by Gasteiger charge is 2.26. The minimum absolute atomic E-state index is 0.0766. The number of nitrogen functional groups attached to an aromatic ring is 4. The predicted molar refractivity (Wildman–Crippen MR) is 311 cm³/mol. The molecule has 9 rings (SSSR count). The average molecular weight is 1250 g/mol. The molecule has 9 aromatic rings. The van der Waals surface area contributed by atoms with Gasteiger partial charge in [-0.25, -0.2) is 9.97 Å². The molecular weight excluding hydrogens is 1200 g/mol. The molecule has 2 aromatic heterocycles. The van der Waals surface area contributed by atoms with E-state index in [4.69, 9.17) is 32.2 Å². The van der Waals surface area contributed by atoms with Gasteiger partial charge in [-0.2, -0.15) is 47.4 Å². The van der Waals surface area contributed by atoms with Crippen LogP contribution < -0.4 is 38.3 Å². The first-order chi connectivity index (χ1) is 38.7. The number of ether oxygens (including phenoxy) is 1. The third kappa shape index (κ3) is 14.8. The summed E-state index contributed by atoms with van der Waals surface area (Å²) in [7, 11) is -22.1. The Bertz CT molecular complexity index is 4720. The molecular formula is C50H45N11O16S6. The number of aryl methyl sites for hydroxylation is 1. The molecule has 432 valence electrons. The van der Waals surface area contributed by atoms with Crippen LogP contribution in [-0.2, 0) is 50.6 Å². The summed E-state index contributed by atoms with van der Waals surface area (Å²) in [6.07, 6.45) is 0. The molecule has 0 aliphatic carbocycles. The molecule has 15 N–H and O–H groups in total. The van der Waals surface area contributed by atoms with E-state index in [1.165, 1.54) is 48.5 Å². The number of thiazole rings is 1. The number of pyridine rings is 1. The second kappa shape index (κ2) is 23.9. The molecule has 33 heteroatoms. The molecule has 0 fully saturated rings. The molecule has 0 saturated carbocycles. The molecule has 2 heterocycles. The Morgan fingerprint density at radius 1 is 0.566 bits per heavy atom. The minimum atomic E-state index is -5.00. The molecule has 0 unspecified atom stereocenters. The topological polar surface area (TPSA) is 484 Å². The fraction of sp³-hybridized carbons (Fsp3) is 0.0600. The fourth-order valence-electron chi connectivity index (χ4n) is 7.69. The smallest absolute Gasteiger partial charge is 0.295 e. The second-order valence-electron chi connectivity index (χ2n) is 17.4. The highest BCUT2D eigenvalue weighted by atomic mass is 32.2. The summed E-state index contributed by atoms with van der Waals surface area (Å²) in [4.78, 5) is 5.65. The maximum atomic E-state index is 11.6. The second-order valence-corrected chi connectivity index (χ2v) is 25.5. The fourth-order valence-corrected chi connectivity index (χ4v) is 11.4. The Hall–Kier alpha value is -8.92. The molecule has 0 aliphatic rings. The summed E-state index contributed by atoms with van der Waals surface area (Å²) < 4.78 is 165. The number of nitriles is 1. The van der Waals surface area contributed by atoms with Gasteiger partial charge >= 0.3 is 0 Å². The number of hydrogen-bond donors (Lipinski definition) is 11. The summed E-state index contributed by atoms with van der Waals surface area (Å²) in [5, 5.41) is 26.6. The predicted octanol–water partition coefficient (Wildman–Crippen LogP) is 8.85. The van der Waals surface area contributed by atoms with E-state index in [-0.39, 0.29) is 43.5 Å². The number of fused-ring (bicyclic) bond motifs is 2. The van der Waals surface area contributed by atoms with Crippen molar-refractivity contribution in [1.82, 2.24) is 9.97 Å². The molecule has 0 aliphatic heterocycles. The van der Waals surface area contributed by atoms with Crippen molar-refractivity contribution in [2.45, 2.75) is 38.3 Å². The summed E-state index contributed by atoms with van der Waals surface area (Å²) in [5.74, 6) is 0.817. The standard InChI is InChI=1S/C32H24N8O6S3.C10H9NO9S3.C8H12N2O/c1-18-26(17-33)30(35-22-8-12-24(13-9-22)48(41,42)43)38-31(36-23-10-14-25(15-11-23)49(44,45)46)27(18)39-40-32-37-28(29(34)47-32)21-7-6-19-4-2-3-5-20(19)16-21;11-5-1-7-8(9(2-5)22(15,16)17)3-6(21(12,13)14)4-10(7)23(18,19)20;1-5-3-7(10)8(11-2)4-6(5)9/h2-16H,34H2,1H3,(H2,35,36,38)(H,41,42,43)(H,44,45,46);1-4H,11H2,(H,12,13,14)(H,15,16,17)(H,18,19,20);3-4H,9-10H2,1-2H3. The van der Waals surface area contributed by atoms with Crippen LogP contribution in [0.5, 0.6) is 5.75 Å². The zero-order valence-electron chi connectivity index (χ0n) is 42.8. The van der Waals surface area contributed by atoms with E-state index in [0.717, 1.165) is 45.4 Å². The summed E-state index contributed by atoms with van der Waals surface area (Å²) >= 11 is 1.12. The van der Waals surface area contributed by atoms with Gasteiger partial charge in [0.25, 0.3) is 50.6 Å². The van der Waals surface area contributed by atoms with Crippen molar-refractivity contribution in [2.75, 3.05) is 40.7 Å². The Kier molecular flexibility index (Phi) is 17.8. The number of rotatable bonds is 13. The Morgan fingerprint density at radius 3 is 1.63 bits per heavy atom. The van der Waals surface area contributed by atoms with E-state index in [9.17, 15) is 65.6 Å². The molecule has 0 atom stereocenters. The van der Waals surface area contributed by atoms with Crippen LogP contribution in [0.3, 0.4) is 0 Å². The first-order valence-corrected chi connectivity index (χ1v) is 31.0. The number of aromatic nitrogens is 2. The monoisotopic (exact) mass is 1250 g/mol. The summed E-state index contributed by atoms with van der Waals surface area (Å²) in [6, 6.07) is 32.5. The lowest BCUT2D eigenvalue weighted by molar-refractivity contribution is 0.417. The van der Waals surface area contributed by atoms with Gasteiger partial charge in [-0.1, -0.05) is 47.7 Å². The molecule has 0 bridgehead atoms. The summed E-state index contributed by atoms with van der Waals surface area (Å²) in [5.41, 5.74) is 27.7. The van der Waals surface area contributed by atoms with E-state index in [0.29, 0.717) is 56.9 Å². The number of methoxy groups -OCH3 is 1. The van der Waals surface area contributed by atoms with Crippen molar-refractivity contribution in [3.8, 4) is 23.1 Å². The number of nitrogens with one attached hydrogen (secondary N) is 2. The first-order valence-electron chi connectivity index (χ1n) is 23.0. The van der Waals surface area contributed by atoms with Crippen molar-refractivity contribution in [3.05, 3.63) is 144 Å². The van der Waals surface area contributed by atoms with Crippen molar-refractivity contribution in [3.63, 3.8) is 0 Å². The van der Waals surface area contributed by atoms with Crippen LogP contribution in [0.15, 0.2) is 162 Å². The Balaban J connectivity index is 0.000000238. The van der Waals surface area contributed by atoms with Crippen molar-refractivity contribution >= 4 is 139 Å². The van der Waals surface area contributed by atoms with Crippen molar-refractivity contribution < 1.29 is 69.6 Å². The quantitative estimate of drug-likeness (QED) is 0.0291. The maximum absolute atomic E-state index is 11.6. The molecule has 0 saturated heterocycles. The number of nitrogens with two attached hydrogens (primary N) is 4. The maximum Gasteiger partial charge on any atom is 0.295 e. The van der Waals surface area contributed by atoms with E-state index < -0.39 is 76.0 Å². The van der Waals surface area contributed by atoms with Gasteiger partial charge in [0.15, 0.2) is 11.6 Å². The van der Waals surface area contributed by atoms with Crippen molar-refractivity contribution in [2.24, 2.45) is 10.2 Å². The highest BCUT2D eigenvalue weighted by Crippen LogP contribution is 2.41. The Morgan fingerprint density at radius 2 is 1.10 bits per heavy atom. The summed E-state index contributed by atoms with van der Waals surface area (Å²) in [6.45, 7) is 3.54. The van der Waals surface area contributed by atoms with Crippen LogP contribution in [0.4, 0.5) is 55.9 Å². The van der Waals surface area contributed by atoms with E-state index in [1.807, 2.05) is 49.4 Å². The highest BCUT2D eigenvalue weighted by molar-refractivity contribution is 7.87. The molecule has 27 nitrogen and oxygen atoms in total. The minimum Gasteiger partial charge on any atom is -0.495 e. The van der Waals surface area contributed by atoms with Gasteiger partial charge in [0.05, 0.1) is 33.0 Å². The zero-order valence-corrected chi connectivity index (χ0v) is 47.7. The van der Waals surface area contributed by atoms with Gasteiger partial charge in [0, 0.05) is 50.7 Å². The lowest BCUT2D eigenvalue weighted by atomic mass is 10.1. The Labute approximate surface area is 477 Å². The van der Waals surface area contributed by atoms with Crippen LogP contribution in [0, 0.1) is 25.2 Å². The first kappa shape index (κ1) is 61.7. The average Bonchev–Trinajstić information content (AvgIpc) is 3.73. The largest absolute Gasteiger partial charge is 0.495 e. The van der Waals surface area contributed by atoms with Gasteiger partial charge in [-0.05, 0) is 115 Å². The normalized spacial score (nSPS) is 12.0. The zero-order chi connectivity index (χ0) is 61.1. The molecule has 0 amide bonds. The van der Waals surface area contributed by atoms with Crippen molar-refractivity contribution in [1.29, 1.82) is 5.26 Å². The van der Waals surface area contributed by atoms with Crippen LogP contribution in [0.2, 0.25) is 0 Å². The number of benzene rings is 7. The lowest BCUT2D eigenvalue weighted by Gasteiger charge is -2.16. The third-order valence-electron chi connectivity index (χ3n) is 11.7. The van der Waals surface area contributed by atoms with Gasteiger partial charge in [0.1, 0.15) is 38.0 Å². The van der Waals surface area contributed by atoms with Crippen LogP contribution in [0.1, 0.15) is 16.7 Å². The van der Waals surface area contributed by atoms with Crippen LogP contribution in [-0.4, -0.2) is 81.9 Å². The van der Waals surface area contributed by atoms with Gasteiger partial charge < -0.3 is 38.3 Å². The molecule has 7 aromatic carbocycles. The third-order valence-corrected chi connectivity index (χ3v) is 16.8. The van der Waals surface area contributed by atoms with Gasteiger partial charge in [-0.15, -0.1) is 10.2 Å². The molecule has 0 spiro atoms. The number of azo groups is 1. The van der Waals surface area contributed by atoms with Gasteiger partial charge in [-0.3, -0.25) is 22.8 Å². The van der Waals surface area contributed by atoms with Crippen LogP contribution in [0.25, 0.3) is 32.8 Å². The number of hydrogen-bond acceptors (Lipinski definition) is 23. The van der Waals surface area contributed by atoms with Crippen LogP contribution >= 0.6 is 11.3 Å². The SMILES string of the molecule is COc1cc(N)c(C)cc1N.Cc1c(C#N)c(Nc2ccc(S(=O)(=O)O)cc2)nc(Nc2ccc(S(=O)(=O)O)cc2)c1N=Nc1nc(-c2ccc3ccccc3c2)c(N)s1.Nc1cc(S(=O)(=O)O)c2cc(S(=O)(=O)O)cc(S(=O)(=O)O)c2c1. The van der Waals surface area contributed by atoms with E-state index in [1.54, 1.807) is 26.2 Å². The van der Waals surface area contributed by atoms with E-state index in [2.05, 4.69) is 36.9 Å². The molecule has 0 radical (unpaired) electrons. The molecule has 83 heavy (non-hydrogen) atoms. The lowest BCUT2D eigenvalue weighted by Crippen LogP contribution is -2.07.